The third kappa shape index (κ3) is 1.58. The Labute approximate surface area is 72.4 Å². The Morgan fingerprint density at radius 3 is 2.75 bits per heavy atom. The topological polar surface area (TPSA) is 58.4 Å². The van der Waals surface area contributed by atoms with E-state index in [9.17, 15) is 4.79 Å². The average Bonchev–Trinajstić information content (AvgIpc) is 1.96. The quantitative estimate of drug-likeness (QED) is 0.604. The molecule has 4 heteroatoms. The second-order valence-electron chi connectivity index (χ2n) is 3.30. The molecule has 0 radical (unpaired) electrons. The molecule has 0 fully saturated rings. The maximum Gasteiger partial charge on any atom is 0.323 e. The van der Waals surface area contributed by atoms with Gasteiger partial charge in [-0.3, -0.25) is 4.90 Å². The summed E-state index contributed by atoms with van der Waals surface area (Å²) in [6.07, 6.45) is 1.47. The molecule has 0 aromatic carbocycles. The average molecular weight is 169 g/mol. The molecule has 1 rings (SSSR count). The largest absolute Gasteiger partial charge is 0.323 e. The summed E-state index contributed by atoms with van der Waals surface area (Å²) in [5.74, 6) is 0. The molecule has 1 atom stereocenters. The lowest BCUT2D eigenvalue weighted by atomic mass is 10.2. The van der Waals surface area contributed by atoms with Gasteiger partial charge in [0.25, 0.3) is 0 Å². The van der Waals surface area contributed by atoms with Crippen LogP contribution >= 0.6 is 0 Å². The van der Waals surface area contributed by atoms with Crippen molar-refractivity contribution in [1.82, 2.24) is 10.2 Å². The lowest BCUT2D eigenvalue weighted by molar-refractivity contribution is 0.198. The first-order valence-corrected chi connectivity index (χ1v) is 4.05. The second-order valence-corrected chi connectivity index (χ2v) is 3.30. The lowest BCUT2D eigenvalue weighted by Gasteiger charge is -2.31. The number of nitrogens with one attached hydrogen (secondary N) is 1. The van der Waals surface area contributed by atoms with E-state index in [0.717, 1.165) is 5.57 Å². The Bertz CT molecular complexity index is 222. The van der Waals surface area contributed by atoms with E-state index in [0.29, 0.717) is 0 Å². The van der Waals surface area contributed by atoms with Gasteiger partial charge >= 0.3 is 6.03 Å². The third-order valence-corrected chi connectivity index (χ3v) is 1.90. The summed E-state index contributed by atoms with van der Waals surface area (Å²) in [6.45, 7) is 5.82. The van der Waals surface area contributed by atoms with Crippen LogP contribution in [0.3, 0.4) is 0 Å². The Morgan fingerprint density at radius 2 is 2.25 bits per heavy atom. The summed E-state index contributed by atoms with van der Waals surface area (Å²) >= 11 is 0. The van der Waals surface area contributed by atoms with Crippen LogP contribution < -0.4 is 11.1 Å². The first kappa shape index (κ1) is 9.06. The van der Waals surface area contributed by atoms with Gasteiger partial charge in [0, 0.05) is 12.2 Å². The van der Waals surface area contributed by atoms with Crippen molar-refractivity contribution in [2.75, 3.05) is 0 Å². The molecule has 1 heterocycles. The fraction of sp³-hybridized carbons (Fsp3) is 0.625. The van der Waals surface area contributed by atoms with E-state index in [1.165, 1.54) is 0 Å². The summed E-state index contributed by atoms with van der Waals surface area (Å²) < 4.78 is 0. The molecule has 0 aromatic heterocycles. The van der Waals surface area contributed by atoms with Gasteiger partial charge in [-0.05, 0) is 26.3 Å². The minimum atomic E-state index is -0.326. The molecule has 68 valence electrons. The fourth-order valence-electron chi connectivity index (χ4n) is 1.06. The van der Waals surface area contributed by atoms with Crippen molar-refractivity contribution in [1.29, 1.82) is 0 Å². The van der Waals surface area contributed by atoms with Gasteiger partial charge < -0.3 is 11.1 Å². The van der Waals surface area contributed by atoms with Crippen LogP contribution in [0.5, 0.6) is 0 Å². The minimum Gasteiger partial charge on any atom is -0.319 e. The van der Waals surface area contributed by atoms with Gasteiger partial charge in [0.2, 0.25) is 0 Å². The zero-order valence-electron chi connectivity index (χ0n) is 7.66. The van der Waals surface area contributed by atoms with E-state index >= 15 is 0 Å². The van der Waals surface area contributed by atoms with Gasteiger partial charge in [0.1, 0.15) is 6.17 Å². The lowest BCUT2D eigenvalue weighted by Crippen LogP contribution is -2.53. The number of hydrogen-bond acceptors (Lipinski definition) is 2. The zero-order chi connectivity index (χ0) is 9.30. The predicted octanol–water partition coefficient (Wildman–Crippen LogP) is 0.609. The molecule has 0 aliphatic carbocycles. The van der Waals surface area contributed by atoms with Crippen molar-refractivity contribution >= 4 is 6.03 Å². The van der Waals surface area contributed by atoms with Gasteiger partial charge in [0.05, 0.1) is 0 Å². The number of nitrogens with zero attached hydrogens (tertiary/aromatic N) is 1. The second kappa shape index (κ2) is 3.15. The SMILES string of the molecule is CC1=CN(C(C)C)C(=O)NC1N. The van der Waals surface area contributed by atoms with E-state index in [1.807, 2.05) is 20.8 Å². The van der Waals surface area contributed by atoms with E-state index < -0.39 is 0 Å². The molecule has 0 spiro atoms. The van der Waals surface area contributed by atoms with Crippen LogP contribution in [0.2, 0.25) is 0 Å². The number of amides is 2. The highest BCUT2D eigenvalue weighted by Gasteiger charge is 2.22. The van der Waals surface area contributed by atoms with E-state index in [1.54, 1.807) is 11.1 Å². The molecule has 1 aliphatic rings. The van der Waals surface area contributed by atoms with E-state index in [-0.39, 0.29) is 18.2 Å². The van der Waals surface area contributed by atoms with Crippen molar-refractivity contribution in [2.45, 2.75) is 33.0 Å². The zero-order valence-corrected chi connectivity index (χ0v) is 7.66. The normalized spacial score (nSPS) is 24.1. The van der Waals surface area contributed by atoms with Gasteiger partial charge in [-0.1, -0.05) is 0 Å². The molecule has 2 amide bonds. The maximum absolute atomic E-state index is 11.3. The third-order valence-electron chi connectivity index (χ3n) is 1.90. The summed E-state index contributed by atoms with van der Waals surface area (Å²) in [5, 5.41) is 2.66. The highest BCUT2D eigenvalue weighted by Crippen LogP contribution is 2.10. The molecule has 0 aromatic rings. The number of rotatable bonds is 1. The van der Waals surface area contributed by atoms with Crippen LogP contribution in [-0.2, 0) is 0 Å². The van der Waals surface area contributed by atoms with Gasteiger partial charge in [-0.15, -0.1) is 0 Å². The van der Waals surface area contributed by atoms with Crippen LogP contribution in [-0.4, -0.2) is 23.1 Å². The minimum absolute atomic E-state index is 0.122. The summed E-state index contributed by atoms with van der Waals surface area (Å²) in [6, 6.07) is 0.0514. The molecule has 4 nitrogen and oxygen atoms in total. The molecule has 0 saturated heterocycles. The Hall–Kier alpha value is -1.03. The molecule has 1 unspecified atom stereocenters. The van der Waals surface area contributed by atoms with Crippen LogP contribution in [0.15, 0.2) is 11.8 Å². The molecular formula is C8H15N3O. The number of carbonyl (C=O) groups excluding carboxylic acids is 1. The first-order chi connectivity index (χ1) is 5.52. The van der Waals surface area contributed by atoms with Crippen molar-refractivity contribution in [2.24, 2.45) is 5.73 Å². The Kier molecular flexibility index (Phi) is 2.38. The molecule has 0 saturated carbocycles. The van der Waals surface area contributed by atoms with Gasteiger partial charge in [-0.2, -0.15) is 0 Å². The molecular weight excluding hydrogens is 154 g/mol. The first-order valence-electron chi connectivity index (χ1n) is 4.05. The standard InChI is InChI=1S/C8H15N3O/c1-5(2)11-4-6(3)7(9)10-8(11)12/h4-5,7H,9H2,1-3H3,(H,10,12). The predicted molar refractivity (Wildman–Crippen MR) is 47.2 cm³/mol. The maximum atomic E-state index is 11.3. The number of carbonyl (C=O) groups is 1. The Morgan fingerprint density at radius 1 is 1.67 bits per heavy atom. The summed E-state index contributed by atoms with van der Waals surface area (Å²) in [5.41, 5.74) is 6.58. The van der Waals surface area contributed by atoms with E-state index in [2.05, 4.69) is 5.32 Å². The smallest absolute Gasteiger partial charge is 0.319 e. The molecule has 3 N–H and O–H groups in total. The van der Waals surface area contributed by atoms with Crippen LogP contribution in [0.1, 0.15) is 20.8 Å². The molecule has 0 bridgehead atoms. The monoisotopic (exact) mass is 169 g/mol. The summed E-state index contributed by atoms with van der Waals surface area (Å²) in [7, 11) is 0. The van der Waals surface area contributed by atoms with Gasteiger partial charge in [0.15, 0.2) is 0 Å². The van der Waals surface area contributed by atoms with Crippen molar-refractivity contribution in [3.63, 3.8) is 0 Å². The van der Waals surface area contributed by atoms with E-state index in [4.69, 9.17) is 5.73 Å². The molecule has 1 aliphatic heterocycles. The number of urea groups is 1. The fourth-order valence-corrected chi connectivity index (χ4v) is 1.06. The Balaban J connectivity index is 2.83. The number of nitrogens with two attached hydrogens (primary N) is 1. The highest BCUT2D eigenvalue weighted by atomic mass is 16.2. The van der Waals surface area contributed by atoms with Crippen LogP contribution in [0.25, 0.3) is 0 Å². The van der Waals surface area contributed by atoms with Crippen LogP contribution in [0.4, 0.5) is 4.79 Å². The van der Waals surface area contributed by atoms with Crippen molar-refractivity contribution in [3.8, 4) is 0 Å². The van der Waals surface area contributed by atoms with Crippen molar-refractivity contribution in [3.05, 3.63) is 11.8 Å². The molecule has 12 heavy (non-hydrogen) atoms. The number of hydrogen-bond donors (Lipinski definition) is 2. The van der Waals surface area contributed by atoms with Gasteiger partial charge in [-0.25, -0.2) is 4.79 Å². The summed E-state index contributed by atoms with van der Waals surface area (Å²) in [4.78, 5) is 12.9. The van der Waals surface area contributed by atoms with Crippen LogP contribution in [0, 0.1) is 0 Å². The van der Waals surface area contributed by atoms with Crippen molar-refractivity contribution < 1.29 is 4.79 Å². The highest BCUT2D eigenvalue weighted by molar-refractivity contribution is 5.77.